The molecule has 3 heteroatoms. The first-order valence-electron chi connectivity index (χ1n) is 23.6. The number of fused-ring (bicyclic) bond motifs is 7. The van der Waals surface area contributed by atoms with Crippen LogP contribution in [0.25, 0.3) is 87.6 Å². The van der Waals surface area contributed by atoms with Crippen LogP contribution in [0.3, 0.4) is 0 Å². The molecule has 3 nitrogen and oxygen atoms in total. The zero-order valence-electron chi connectivity index (χ0n) is 37.7. The van der Waals surface area contributed by atoms with Crippen molar-refractivity contribution in [1.82, 2.24) is 0 Å². The Kier molecular flexibility index (Phi) is 9.84. The molecule has 0 saturated carbocycles. The normalized spacial score (nSPS) is 11.5. The highest BCUT2D eigenvalue weighted by Gasteiger charge is 2.19. The Balaban J connectivity index is 0.862. The van der Waals surface area contributed by atoms with Gasteiger partial charge in [-0.15, -0.1) is 0 Å². The largest absolute Gasteiger partial charge is 0.455 e. The molecule has 13 aromatic rings. The molecule has 324 valence electrons. The summed E-state index contributed by atoms with van der Waals surface area (Å²) in [7, 11) is 0. The lowest BCUT2D eigenvalue weighted by Gasteiger charge is -2.27. The van der Waals surface area contributed by atoms with E-state index in [0.717, 1.165) is 72.6 Å². The zero-order chi connectivity index (χ0) is 45.7. The molecule has 1 aromatic heterocycles. The first-order valence-corrected chi connectivity index (χ1v) is 23.6. The van der Waals surface area contributed by atoms with Crippen molar-refractivity contribution in [3.8, 4) is 33.4 Å². The third-order valence-corrected chi connectivity index (χ3v) is 13.7. The molecule has 0 bridgehead atoms. The van der Waals surface area contributed by atoms with Crippen LogP contribution in [0.5, 0.6) is 0 Å². The summed E-state index contributed by atoms with van der Waals surface area (Å²) in [5.74, 6) is 0. The Labute approximate surface area is 401 Å². The second kappa shape index (κ2) is 16.9. The van der Waals surface area contributed by atoms with Gasteiger partial charge >= 0.3 is 0 Å². The van der Waals surface area contributed by atoms with E-state index in [4.69, 9.17) is 4.42 Å². The Bertz CT molecular complexity index is 3980. The number of rotatable bonds is 9. The van der Waals surface area contributed by atoms with Crippen molar-refractivity contribution in [2.45, 2.75) is 0 Å². The van der Waals surface area contributed by atoms with Gasteiger partial charge in [-0.05, 0) is 134 Å². The van der Waals surface area contributed by atoms with Crippen molar-refractivity contribution >= 4 is 88.4 Å². The second-order valence-corrected chi connectivity index (χ2v) is 17.7. The highest BCUT2D eigenvalue weighted by atomic mass is 16.3. The van der Waals surface area contributed by atoms with Gasteiger partial charge in [0, 0.05) is 50.0 Å². The molecule has 12 aromatic carbocycles. The maximum atomic E-state index is 6.55. The van der Waals surface area contributed by atoms with Gasteiger partial charge < -0.3 is 14.2 Å². The Morgan fingerprint density at radius 1 is 0.246 bits per heavy atom. The van der Waals surface area contributed by atoms with Gasteiger partial charge in [-0.2, -0.15) is 0 Å². The predicted molar refractivity (Wildman–Crippen MR) is 292 cm³/mol. The van der Waals surface area contributed by atoms with Crippen molar-refractivity contribution in [2.75, 3.05) is 9.80 Å². The zero-order valence-corrected chi connectivity index (χ0v) is 37.7. The average Bonchev–Trinajstić information content (AvgIpc) is 3.81. The summed E-state index contributed by atoms with van der Waals surface area (Å²) in [4.78, 5) is 4.72. The molecular weight excluding hydrogens is 837 g/mol. The van der Waals surface area contributed by atoms with Gasteiger partial charge in [0.1, 0.15) is 11.2 Å². The monoisotopic (exact) mass is 880 g/mol. The average molecular weight is 881 g/mol. The SMILES string of the molecule is c1ccc(-c2ccc(N(c3ccc(-c4ccc(N(c5ccc6oc7c8ccccc8ccc7c6c5)c5cccc6ccccc56)cc4)cc3)c3ccc(-c4cccc5ccccc45)cc3)cc2)cc1. The van der Waals surface area contributed by atoms with Crippen LogP contribution in [-0.2, 0) is 0 Å². The van der Waals surface area contributed by atoms with E-state index >= 15 is 0 Å². The molecule has 1 heterocycles. The second-order valence-electron chi connectivity index (χ2n) is 17.7. The molecule has 0 amide bonds. The van der Waals surface area contributed by atoms with Crippen molar-refractivity contribution in [3.63, 3.8) is 0 Å². The summed E-state index contributed by atoms with van der Waals surface area (Å²) in [6, 6.07) is 96.1. The number of hydrogen-bond donors (Lipinski definition) is 0. The Hall–Kier alpha value is -9.18. The summed E-state index contributed by atoms with van der Waals surface area (Å²) < 4.78 is 6.55. The predicted octanol–water partition coefficient (Wildman–Crippen LogP) is 19.0. The number of anilines is 6. The lowest BCUT2D eigenvalue weighted by atomic mass is 9.98. The summed E-state index contributed by atoms with van der Waals surface area (Å²) in [6.07, 6.45) is 0. The Morgan fingerprint density at radius 2 is 0.696 bits per heavy atom. The maximum absolute atomic E-state index is 6.55. The standard InChI is InChI=1S/C66H44N2O/c1-2-12-45(13-3-1)46-24-33-53(34-25-46)67(55-39-30-52(31-40-55)59-22-10-17-49-14-4-7-19-58(49)59)54-35-26-47(27-36-54)48-28-37-56(38-29-48)68(64-23-11-18-50-15-5-8-20-60(50)64)57-41-43-65-63(44-57)62-42-32-51-16-6-9-21-61(51)66(62)69-65/h1-44H. The van der Waals surface area contributed by atoms with E-state index in [1.165, 1.54) is 49.2 Å². The number of furan rings is 1. The van der Waals surface area contributed by atoms with E-state index < -0.39 is 0 Å². The molecule has 0 aliphatic carbocycles. The van der Waals surface area contributed by atoms with E-state index in [-0.39, 0.29) is 0 Å². The van der Waals surface area contributed by atoms with Crippen LogP contribution in [0.4, 0.5) is 34.1 Å². The van der Waals surface area contributed by atoms with Crippen molar-refractivity contribution < 1.29 is 4.42 Å². The van der Waals surface area contributed by atoms with Crippen LogP contribution in [0.2, 0.25) is 0 Å². The molecule has 0 aliphatic rings. The van der Waals surface area contributed by atoms with E-state index in [9.17, 15) is 0 Å². The van der Waals surface area contributed by atoms with Gasteiger partial charge in [-0.1, -0.05) is 188 Å². The molecule has 0 spiro atoms. The van der Waals surface area contributed by atoms with E-state index in [1.54, 1.807) is 0 Å². The van der Waals surface area contributed by atoms with Crippen molar-refractivity contribution in [1.29, 1.82) is 0 Å². The lowest BCUT2D eigenvalue weighted by Crippen LogP contribution is -2.10. The first-order chi connectivity index (χ1) is 34.2. The van der Waals surface area contributed by atoms with Crippen molar-refractivity contribution in [2.24, 2.45) is 0 Å². The third-order valence-electron chi connectivity index (χ3n) is 13.7. The molecule has 0 atom stereocenters. The fourth-order valence-corrected chi connectivity index (χ4v) is 10.2. The van der Waals surface area contributed by atoms with Crippen LogP contribution in [-0.4, -0.2) is 0 Å². The van der Waals surface area contributed by atoms with Gasteiger partial charge in [0.2, 0.25) is 0 Å². The van der Waals surface area contributed by atoms with Gasteiger partial charge in [0.05, 0.1) is 5.69 Å². The molecule has 0 radical (unpaired) electrons. The molecule has 13 rings (SSSR count). The minimum absolute atomic E-state index is 0.877. The van der Waals surface area contributed by atoms with Crippen LogP contribution in [0.1, 0.15) is 0 Å². The summed E-state index contributed by atoms with van der Waals surface area (Å²) in [5, 5.41) is 9.38. The fraction of sp³-hybridized carbons (Fsp3) is 0. The number of benzene rings is 12. The van der Waals surface area contributed by atoms with Gasteiger partial charge in [0.15, 0.2) is 0 Å². The summed E-state index contributed by atoms with van der Waals surface area (Å²) in [5.41, 5.74) is 15.4. The molecule has 0 unspecified atom stereocenters. The quantitative estimate of drug-likeness (QED) is 0.144. The summed E-state index contributed by atoms with van der Waals surface area (Å²) in [6.45, 7) is 0. The topological polar surface area (TPSA) is 19.6 Å². The molecule has 0 N–H and O–H groups in total. The van der Waals surface area contributed by atoms with Crippen LogP contribution in [0, 0.1) is 0 Å². The van der Waals surface area contributed by atoms with Gasteiger partial charge in [-0.3, -0.25) is 0 Å². The highest BCUT2D eigenvalue weighted by molar-refractivity contribution is 6.16. The molecule has 69 heavy (non-hydrogen) atoms. The smallest absolute Gasteiger partial charge is 0.143 e. The van der Waals surface area contributed by atoms with Crippen molar-refractivity contribution in [3.05, 3.63) is 267 Å². The van der Waals surface area contributed by atoms with E-state index in [0.29, 0.717) is 0 Å². The molecule has 0 aliphatic heterocycles. The van der Waals surface area contributed by atoms with Gasteiger partial charge in [-0.25, -0.2) is 0 Å². The minimum Gasteiger partial charge on any atom is -0.455 e. The fourth-order valence-electron chi connectivity index (χ4n) is 10.2. The number of nitrogens with zero attached hydrogens (tertiary/aromatic N) is 2. The lowest BCUT2D eigenvalue weighted by molar-refractivity contribution is 0.672. The molecule has 0 saturated heterocycles. The summed E-state index contributed by atoms with van der Waals surface area (Å²) >= 11 is 0. The number of hydrogen-bond acceptors (Lipinski definition) is 3. The molecular formula is C66H44N2O. The van der Waals surface area contributed by atoms with E-state index in [2.05, 4.69) is 277 Å². The maximum Gasteiger partial charge on any atom is 0.143 e. The Morgan fingerprint density at radius 3 is 1.32 bits per heavy atom. The van der Waals surface area contributed by atoms with Gasteiger partial charge in [0.25, 0.3) is 0 Å². The third kappa shape index (κ3) is 7.25. The van der Waals surface area contributed by atoms with Crippen LogP contribution < -0.4 is 9.80 Å². The first kappa shape index (κ1) is 40.1. The van der Waals surface area contributed by atoms with Crippen LogP contribution >= 0.6 is 0 Å². The van der Waals surface area contributed by atoms with Crippen LogP contribution in [0.15, 0.2) is 271 Å². The minimum atomic E-state index is 0.877. The highest BCUT2D eigenvalue weighted by Crippen LogP contribution is 2.44. The van der Waals surface area contributed by atoms with E-state index in [1.807, 2.05) is 0 Å². The molecule has 0 fully saturated rings.